The van der Waals surface area contributed by atoms with Crippen LogP contribution in [0, 0.1) is 0 Å². The first-order chi connectivity index (χ1) is 14.5. The van der Waals surface area contributed by atoms with Crippen LogP contribution in [0.1, 0.15) is 17.2 Å². The van der Waals surface area contributed by atoms with Gasteiger partial charge in [-0.1, -0.05) is 12.1 Å². The summed E-state index contributed by atoms with van der Waals surface area (Å²) >= 11 is 0. The van der Waals surface area contributed by atoms with Crippen LogP contribution in [0.15, 0.2) is 54.1 Å². The van der Waals surface area contributed by atoms with Crippen LogP contribution < -0.4 is 4.74 Å². The molecule has 0 aromatic heterocycles. The number of phenols is 1. The molecule has 0 bridgehead atoms. The number of rotatable bonds is 8. The van der Waals surface area contributed by atoms with Gasteiger partial charge in [0.1, 0.15) is 17.3 Å². The van der Waals surface area contributed by atoms with Crippen molar-refractivity contribution < 1.29 is 34.4 Å². The number of carbonyl (C=O) groups is 2. The molecule has 0 radical (unpaired) electrons. The third-order valence-electron chi connectivity index (χ3n) is 4.80. The van der Waals surface area contributed by atoms with E-state index in [1.807, 2.05) is 0 Å². The minimum Gasteiger partial charge on any atom is -0.508 e. The zero-order valence-electron chi connectivity index (χ0n) is 16.4. The molecule has 2 aromatic carbocycles. The number of nitrogens with zero attached hydrogens (tertiary/aromatic N) is 1. The van der Waals surface area contributed by atoms with Gasteiger partial charge in [-0.25, -0.2) is 0 Å². The van der Waals surface area contributed by atoms with Gasteiger partial charge in [-0.15, -0.1) is 0 Å². The lowest BCUT2D eigenvalue weighted by Crippen LogP contribution is -2.33. The van der Waals surface area contributed by atoms with Gasteiger partial charge < -0.3 is 29.7 Å². The van der Waals surface area contributed by atoms with Crippen LogP contribution in [-0.4, -0.2) is 65.4 Å². The van der Waals surface area contributed by atoms with E-state index in [-0.39, 0.29) is 43.4 Å². The van der Waals surface area contributed by atoms with E-state index in [4.69, 9.17) is 14.6 Å². The molecule has 1 aliphatic rings. The highest BCUT2D eigenvalue weighted by atomic mass is 16.5. The molecule has 30 heavy (non-hydrogen) atoms. The third kappa shape index (κ3) is 4.29. The largest absolute Gasteiger partial charge is 0.508 e. The Labute approximate surface area is 173 Å². The average molecular weight is 413 g/mol. The van der Waals surface area contributed by atoms with E-state index in [2.05, 4.69) is 0 Å². The fraction of sp³-hybridized carbons (Fsp3) is 0.273. The minimum atomic E-state index is -0.892. The number of ketones is 1. The maximum atomic E-state index is 12.8. The van der Waals surface area contributed by atoms with E-state index in [1.165, 1.54) is 24.1 Å². The van der Waals surface area contributed by atoms with Crippen molar-refractivity contribution in [2.45, 2.75) is 6.04 Å². The van der Waals surface area contributed by atoms with Gasteiger partial charge >= 0.3 is 0 Å². The molecule has 1 aliphatic heterocycles. The van der Waals surface area contributed by atoms with Crippen molar-refractivity contribution in [2.24, 2.45) is 0 Å². The summed E-state index contributed by atoms with van der Waals surface area (Å²) in [4.78, 5) is 26.9. The van der Waals surface area contributed by atoms with Crippen molar-refractivity contribution in [3.8, 4) is 11.5 Å². The molecule has 8 nitrogen and oxygen atoms in total. The van der Waals surface area contributed by atoms with Gasteiger partial charge in [0, 0.05) is 12.1 Å². The first-order valence-corrected chi connectivity index (χ1v) is 9.38. The van der Waals surface area contributed by atoms with E-state index in [0.717, 1.165) is 0 Å². The fourth-order valence-corrected chi connectivity index (χ4v) is 3.39. The molecule has 1 unspecified atom stereocenters. The van der Waals surface area contributed by atoms with E-state index in [0.29, 0.717) is 16.9 Å². The Morgan fingerprint density at radius 1 is 1.10 bits per heavy atom. The van der Waals surface area contributed by atoms with E-state index in [1.54, 1.807) is 36.4 Å². The molecule has 2 aromatic rings. The number of carbonyl (C=O) groups excluding carboxylic acids is 2. The number of hydrogen-bond acceptors (Lipinski definition) is 7. The number of methoxy groups -OCH3 is 1. The van der Waals surface area contributed by atoms with Gasteiger partial charge in [0.15, 0.2) is 0 Å². The third-order valence-corrected chi connectivity index (χ3v) is 4.80. The van der Waals surface area contributed by atoms with Gasteiger partial charge in [-0.05, 0) is 42.0 Å². The number of likely N-dealkylation sites (tertiary alicyclic amines) is 1. The van der Waals surface area contributed by atoms with E-state index in [9.17, 15) is 19.8 Å². The first-order valence-electron chi connectivity index (χ1n) is 9.38. The highest BCUT2D eigenvalue weighted by molar-refractivity contribution is 6.46. The van der Waals surface area contributed by atoms with Crippen LogP contribution >= 0.6 is 0 Å². The maximum absolute atomic E-state index is 12.8. The van der Waals surface area contributed by atoms with Crippen molar-refractivity contribution in [3.05, 3.63) is 65.2 Å². The van der Waals surface area contributed by atoms with Gasteiger partial charge in [0.2, 0.25) is 0 Å². The lowest BCUT2D eigenvalue weighted by atomic mass is 9.95. The second kappa shape index (κ2) is 9.43. The number of hydrogen-bond donors (Lipinski definition) is 3. The summed E-state index contributed by atoms with van der Waals surface area (Å²) in [5.41, 5.74) is 0.764. The Morgan fingerprint density at radius 3 is 2.47 bits per heavy atom. The summed E-state index contributed by atoms with van der Waals surface area (Å²) in [5, 5.41) is 29.7. The number of Topliss-reactive ketones (excluding diaryl/α,β-unsaturated/α-hetero) is 1. The molecule has 0 saturated carbocycles. The van der Waals surface area contributed by atoms with Crippen LogP contribution in [0.5, 0.6) is 11.5 Å². The number of aromatic hydroxyl groups is 1. The van der Waals surface area contributed by atoms with Gasteiger partial charge in [-0.3, -0.25) is 9.59 Å². The summed E-state index contributed by atoms with van der Waals surface area (Å²) in [5.74, 6) is -1.36. The quantitative estimate of drug-likeness (QED) is 0.262. The SMILES string of the molecule is COc1ccc(/C(O)=C2\C(=O)C(=O)N(CCOCCO)C2c2cccc(O)c2)cc1. The summed E-state index contributed by atoms with van der Waals surface area (Å²) in [6, 6.07) is 11.7. The molecule has 1 atom stereocenters. The topological polar surface area (TPSA) is 117 Å². The first kappa shape index (κ1) is 21.4. The normalized spacial score (nSPS) is 18.1. The van der Waals surface area contributed by atoms with E-state index < -0.39 is 17.7 Å². The number of ether oxygens (including phenoxy) is 2. The molecule has 1 saturated heterocycles. The fourth-order valence-electron chi connectivity index (χ4n) is 3.39. The van der Waals surface area contributed by atoms with Crippen LogP contribution in [0.2, 0.25) is 0 Å². The molecular weight excluding hydrogens is 390 g/mol. The Kier molecular flexibility index (Phi) is 6.71. The van der Waals surface area contributed by atoms with Crippen LogP contribution in [0.25, 0.3) is 5.76 Å². The molecule has 158 valence electrons. The lowest BCUT2D eigenvalue weighted by molar-refractivity contribution is -0.140. The molecule has 0 aliphatic carbocycles. The van der Waals surface area contributed by atoms with Crippen LogP contribution in [0.3, 0.4) is 0 Å². The monoisotopic (exact) mass is 413 g/mol. The van der Waals surface area contributed by atoms with Gasteiger partial charge in [0.25, 0.3) is 11.7 Å². The van der Waals surface area contributed by atoms with Crippen molar-refractivity contribution in [2.75, 3.05) is 33.5 Å². The second-order valence-electron chi connectivity index (χ2n) is 6.65. The predicted octanol–water partition coefficient (Wildman–Crippen LogP) is 1.83. The Bertz CT molecular complexity index is 952. The zero-order valence-corrected chi connectivity index (χ0v) is 16.4. The Balaban J connectivity index is 2.06. The summed E-state index contributed by atoms with van der Waals surface area (Å²) in [6.07, 6.45) is 0. The molecule has 3 N–H and O–H groups in total. The van der Waals surface area contributed by atoms with E-state index >= 15 is 0 Å². The highest BCUT2D eigenvalue weighted by Crippen LogP contribution is 2.40. The average Bonchev–Trinajstić information content (AvgIpc) is 3.01. The number of benzene rings is 2. The maximum Gasteiger partial charge on any atom is 0.295 e. The highest BCUT2D eigenvalue weighted by Gasteiger charge is 2.45. The molecule has 3 rings (SSSR count). The number of amides is 1. The summed E-state index contributed by atoms with van der Waals surface area (Å²) in [6.45, 7) is 0.120. The molecular formula is C22H23NO7. The molecule has 0 spiro atoms. The Hall–Kier alpha value is -3.36. The lowest BCUT2D eigenvalue weighted by Gasteiger charge is -2.25. The van der Waals surface area contributed by atoms with Gasteiger partial charge in [-0.2, -0.15) is 0 Å². The zero-order chi connectivity index (χ0) is 21.7. The van der Waals surface area contributed by atoms with Gasteiger partial charge in [0.05, 0.1) is 38.5 Å². The van der Waals surface area contributed by atoms with Crippen molar-refractivity contribution in [1.82, 2.24) is 4.90 Å². The van der Waals surface area contributed by atoms with Crippen molar-refractivity contribution in [3.63, 3.8) is 0 Å². The second-order valence-corrected chi connectivity index (χ2v) is 6.65. The number of aliphatic hydroxyl groups excluding tert-OH is 2. The van der Waals surface area contributed by atoms with Crippen LogP contribution in [-0.2, 0) is 14.3 Å². The van der Waals surface area contributed by atoms with Crippen molar-refractivity contribution >= 4 is 17.4 Å². The standard InChI is InChI=1S/C22H23NO7/c1-29-17-7-5-14(6-8-17)20(26)18-19(15-3-2-4-16(25)13-15)23(22(28)21(18)27)9-11-30-12-10-24/h2-8,13,19,24-26H,9-12H2,1H3/b20-18+. The number of phenolic OH excluding ortho intramolecular Hbond substituents is 1. The molecule has 1 amide bonds. The number of aliphatic hydroxyl groups is 2. The molecule has 8 heteroatoms. The van der Waals surface area contributed by atoms with Crippen molar-refractivity contribution in [1.29, 1.82) is 0 Å². The summed E-state index contributed by atoms with van der Waals surface area (Å²) in [7, 11) is 1.52. The smallest absolute Gasteiger partial charge is 0.295 e. The molecule has 1 fully saturated rings. The molecule has 1 heterocycles. The minimum absolute atomic E-state index is 0.0286. The summed E-state index contributed by atoms with van der Waals surface area (Å²) < 4.78 is 10.4. The Morgan fingerprint density at radius 2 is 1.83 bits per heavy atom. The van der Waals surface area contributed by atoms with Crippen LogP contribution in [0.4, 0.5) is 0 Å². The predicted molar refractivity (Wildman–Crippen MR) is 108 cm³/mol.